The molecule has 2 aromatic rings. The average Bonchev–Trinajstić information content (AvgIpc) is 2.46. The quantitative estimate of drug-likeness (QED) is 0.797. The lowest BCUT2D eigenvalue weighted by atomic mass is 10.1. The van der Waals surface area contributed by atoms with Gasteiger partial charge in [0, 0.05) is 17.7 Å². The number of rotatable bonds is 3. The third kappa shape index (κ3) is 2.70. The molecule has 0 N–H and O–H groups in total. The van der Waals surface area contributed by atoms with Gasteiger partial charge in [-0.25, -0.2) is 14.2 Å². The Morgan fingerprint density at radius 1 is 1.21 bits per heavy atom. The molecule has 1 aromatic heterocycles. The number of hydrogen-bond donors (Lipinski definition) is 0. The number of carbonyl (C=O) groups excluding carboxylic acids is 1. The van der Waals surface area contributed by atoms with E-state index in [4.69, 9.17) is 4.74 Å². The Kier molecular flexibility index (Phi) is 3.75. The lowest BCUT2D eigenvalue weighted by Gasteiger charge is -2.08. The molecule has 2 rings (SSSR count). The van der Waals surface area contributed by atoms with Crippen LogP contribution in [-0.2, 0) is 4.74 Å². The molecule has 98 valence electrons. The van der Waals surface area contributed by atoms with Crippen molar-refractivity contribution in [3.63, 3.8) is 0 Å². The zero-order valence-corrected chi connectivity index (χ0v) is 10.5. The Morgan fingerprint density at radius 2 is 1.95 bits per heavy atom. The minimum Gasteiger partial charge on any atom is -0.497 e. The Morgan fingerprint density at radius 3 is 2.58 bits per heavy atom. The largest absolute Gasteiger partial charge is 0.497 e. The molecule has 0 saturated carbocycles. The van der Waals surface area contributed by atoms with E-state index in [2.05, 4.69) is 9.72 Å². The molecule has 0 aliphatic rings. The zero-order chi connectivity index (χ0) is 13.8. The third-order valence-electron chi connectivity index (χ3n) is 2.58. The summed E-state index contributed by atoms with van der Waals surface area (Å²) in [5.41, 5.74) is 0.685. The number of hydrogen-bond acceptors (Lipinski definition) is 4. The predicted octanol–water partition coefficient (Wildman–Crippen LogP) is 2.68. The Labute approximate surface area is 109 Å². The van der Waals surface area contributed by atoms with Gasteiger partial charge in [-0.3, -0.25) is 0 Å². The van der Waals surface area contributed by atoms with Gasteiger partial charge in [-0.1, -0.05) is 12.1 Å². The number of methoxy groups -OCH3 is 2. The van der Waals surface area contributed by atoms with Crippen molar-refractivity contribution in [2.75, 3.05) is 14.2 Å². The maximum Gasteiger partial charge on any atom is 0.356 e. The highest BCUT2D eigenvalue weighted by molar-refractivity contribution is 5.88. The van der Waals surface area contributed by atoms with E-state index >= 15 is 0 Å². The zero-order valence-electron chi connectivity index (χ0n) is 10.5. The summed E-state index contributed by atoms with van der Waals surface area (Å²) < 4.78 is 23.4. The average molecular weight is 261 g/mol. The van der Waals surface area contributed by atoms with Gasteiger partial charge < -0.3 is 9.47 Å². The maximum absolute atomic E-state index is 13.7. The van der Waals surface area contributed by atoms with Crippen LogP contribution in [0.1, 0.15) is 10.5 Å². The van der Waals surface area contributed by atoms with E-state index in [1.165, 1.54) is 26.4 Å². The fourth-order valence-corrected chi connectivity index (χ4v) is 1.64. The standard InChI is InChI=1S/C14H12FNO3/c1-18-9-7-12(10-5-3-4-6-11(10)15)16-13(8-9)14(17)19-2/h3-8H,1-2H3. The van der Waals surface area contributed by atoms with Gasteiger partial charge >= 0.3 is 5.97 Å². The Balaban J connectivity index is 2.57. The number of carbonyl (C=O) groups is 1. The fraction of sp³-hybridized carbons (Fsp3) is 0.143. The molecule has 0 bridgehead atoms. The molecule has 1 heterocycles. The molecular formula is C14H12FNO3. The first-order valence-electron chi connectivity index (χ1n) is 5.55. The second-order valence-corrected chi connectivity index (χ2v) is 3.75. The van der Waals surface area contributed by atoms with Crippen LogP contribution in [-0.4, -0.2) is 25.2 Å². The number of nitrogens with zero attached hydrogens (tertiary/aromatic N) is 1. The van der Waals surface area contributed by atoms with Crippen LogP contribution in [0.2, 0.25) is 0 Å². The molecule has 4 nitrogen and oxygen atoms in total. The van der Waals surface area contributed by atoms with Crippen molar-refractivity contribution >= 4 is 5.97 Å². The highest BCUT2D eigenvalue weighted by atomic mass is 19.1. The predicted molar refractivity (Wildman–Crippen MR) is 67.5 cm³/mol. The molecule has 0 radical (unpaired) electrons. The van der Waals surface area contributed by atoms with E-state index < -0.39 is 11.8 Å². The molecule has 19 heavy (non-hydrogen) atoms. The minimum absolute atomic E-state index is 0.0695. The minimum atomic E-state index is -0.600. The van der Waals surface area contributed by atoms with E-state index in [1.807, 2.05) is 0 Å². The summed E-state index contributed by atoms with van der Waals surface area (Å²) in [5, 5.41) is 0. The van der Waals surface area contributed by atoms with Gasteiger partial charge in [-0.2, -0.15) is 0 Å². The van der Waals surface area contributed by atoms with Crippen molar-refractivity contribution < 1.29 is 18.7 Å². The maximum atomic E-state index is 13.7. The van der Waals surface area contributed by atoms with Gasteiger partial charge in [0.2, 0.25) is 0 Å². The van der Waals surface area contributed by atoms with E-state index in [0.717, 1.165) is 0 Å². The number of aromatic nitrogens is 1. The normalized spacial score (nSPS) is 10.1. The summed E-state index contributed by atoms with van der Waals surface area (Å²) in [6, 6.07) is 9.19. The van der Waals surface area contributed by atoms with Gasteiger partial charge in [0.1, 0.15) is 11.6 Å². The monoisotopic (exact) mass is 261 g/mol. The van der Waals surface area contributed by atoms with Crippen LogP contribution in [0.4, 0.5) is 4.39 Å². The SMILES string of the molecule is COC(=O)c1cc(OC)cc(-c2ccccc2F)n1. The summed E-state index contributed by atoms with van der Waals surface area (Å²) in [6.45, 7) is 0. The number of benzene rings is 1. The molecule has 0 aliphatic heterocycles. The fourth-order valence-electron chi connectivity index (χ4n) is 1.64. The molecule has 1 aromatic carbocycles. The van der Waals surface area contributed by atoms with Crippen molar-refractivity contribution in [3.8, 4) is 17.0 Å². The second kappa shape index (κ2) is 5.48. The van der Waals surface area contributed by atoms with Crippen LogP contribution < -0.4 is 4.74 Å². The van der Waals surface area contributed by atoms with Crippen molar-refractivity contribution in [2.45, 2.75) is 0 Å². The highest BCUT2D eigenvalue weighted by Gasteiger charge is 2.14. The number of ether oxygens (including phenoxy) is 2. The molecule has 0 spiro atoms. The van der Waals surface area contributed by atoms with Crippen LogP contribution in [0.15, 0.2) is 36.4 Å². The first-order valence-corrected chi connectivity index (χ1v) is 5.55. The van der Waals surface area contributed by atoms with Crippen molar-refractivity contribution in [2.24, 2.45) is 0 Å². The van der Waals surface area contributed by atoms with E-state index in [0.29, 0.717) is 17.0 Å². The number of esters is 1. The molecule has 0 atom stereocenters. The summed E-state index contributed by atoms with van der Waals surface area (Å²) >= 11 is 0. The lowest BCUT2D eigenvalue weighted by Crippen LogP contribution is -2.06. The van der Waals surface area contributed by atoms with Crippen LogP contribution in [0.5, 0.6) is 5.75 Å². The number of halogens is 1. The lowest BCUT2D eigenvalue weighted by molar-refractivity contribution is 0.0593. The van der Waals surface area contributed by atoms with Crippen LogP contribution in [0, 0.1) is 5.82 Å². The van der Waals surface area contributed by atoms with Crippen molar-refractivity contribution in [1.82, 2.24) is 4.98 Å². The smallest absolute Gasteiger partial charge is 0.356 e. The van der Waals surface area contributed by atoms with Gasteiger partial charge in [-0.15, -0.1) is 0 Å². The Hall–Kier alpha value is -2.43. The first-order chi connectivity index (χ1) is 9.15. The molecule has 0 saturated heterocycles. The van der Waals surface area contributed by atoms with Crippen LogP contribution in [0.25, 0.3) is 11.3 Å². The topological polar surface area (TPSA) is 48.4 Å². The molecule has 0 amide bonds. The van der Waals surface area contributed by atoms with Crippen LogP contribution >= 0.6 is 0 Å². The van der Waals surface area contributed by atoms with Crippen molar-refractivity contribution in [1.29, 1.82) is 0 Å². The Bertz CT molecular complexity index is 613. The number of pyridine rings is 1. The highest BCUT2D eigenvalue weighted by Crippen LogP contribution is 2.25. The van der Waals surface area contributed by atoms with Gasteiger partial charge in [-0.05, 0) is 12.1 Å². The van der Waals surface area contributed by atoms with E-state index in [-0.39, 0.29) is 5.69 Å². The van der Waals surface area contributed by atoms with E-state index in [9.17, 15) is 9.18 Å². The molecular weight excluding hydrogens is 249 g/mol. The summed E-state index contributed by atoms with van der Waals surface area (Å²) in [4.78, 5) is 15.6. The molecule has 5 heteroatoms. The first kappa shape index (κ1) is 13.0. The van der Waals surface area contributed by atoms with Gasteiger partial charge in [0.05, 0.1) is 19.9 Å². The molecule has 0 fully saturated rings. The summed E-state index contributed by atoms with van der Waals surface area (Å²) in [7, 11) is 2.72. The van der Waals surface area contributed by atoms with Crippen molar-refractivity contribution in [3.05, 3.63) is 47.9 Å². The van der Waals surface area contributed by atoms with E-state index in [1.54, 1.807) is 24.3 Å². The molecule has 0 aliphatic carbocycles. The summed E-state index contributed by atoms with van der Waals surface area (Å²) in [6.07, 6.45) is 0. The third-order valence-corrected chi connectivity index (χ3v) is 2.58. The van der Waals surface area contributed by atoms with Gasteiger partial charge in [0.25, 0.3) is 0 Å². The van der Waals surface area contributed by atoms with Gasteiger partial charge in [0.15, 0.2) is 5.69 Å². The van der Waals surface area contributed by atoms with Crippen LogP contribution in [0.3, 0.4) is 0 Å². The molecule has 0 unspecified atom stereocenters. The summed E-state index contributed by atoms with van der Waals surface area (Å²) in [5.74, 6) is -0.607. The second-order valence-electron chi connectivity index (χ2n) is 3.75.